The van der Waals surface area contributed by atoms with Gasteiger partial charge in [0.05, 0.1) is 19.1 Å². The van der Waals surface area contributed by atoms with Crippen LogP contribution in [0.15, 0.2) is 58.5 Å². The highest BCUT2D eigenvalue weighted by molar-refractivity contribution is 7.90. The summed E-state index contributed by atoms with van der Waals surface area (Å²) in [7, 11) is -0.976. The van der Waals surface area contributed by atoms with Crippen LogP contribution in [0.1, 0.15) is 5.56 Å². The summed E-state index contributed by atoms with van der Waals surface area (Å²) >= 11 is 0. The number of hydrogen-bond donors (Lipinski definition) is 3. The standard InChI is InChI=1S/C19H22N4O4S/c1-26-17-8-7-14(11-18(17)27-2)28(24,25)23-19(20)21-10-9-13-12-22-16-6-4-3-5-15(13)16/h3-8,11-12,22H,9-10H2,1-2H3,(H3,20,21,23). The van der Waals surface area contributed by atoms with E-state index in [0.717, 1.165) is 16.5 Å². The molecule has 3 rings (SSSR count). The smallest absolute Gasteiger partial charge is 0.264 e. The average Bonchev–Trinajstić information content (AvgIpc) is 3.10. The van der Waals surface area contributed by atoms with Gasteiger partial charge in [-0.1, -0.05) is 18.2 Å². The molecular formula is C19H22N4O4S. The topological polar surface area (TPSA) is 119 Å². The number of sulfonamides is 1. The summed E-state index contributed by atoms with van der Waals surface area (Å²) in [5, 5.41) is 1.11. The van der Waals surface area contributed by atoms with Gasteiger partial charge in [-0.05, 0) is 30.2 Å². The Hall–Kier alpha value is -3.20. The highest BCUT2D eigenvalue weighted by atomic mass is 32.2. The lowest BCUT2D eigenvalue weighted by Crippen LogP contribution is -2.37. The van der Waals surface area contributed by atoms with Crippen LogP contribution in [-0.4, -0.2) is 40.1 Å². The summed E-state index contributed by atoms with van der Waals surface area (Å²) in [4.78, 5) is 7.32. The van der Waals surface area contributed by atoms with Crippen molar-refractivity contribution in [2.24, 2.45) is 10.7 Å². The lowest BCUT2D eigenvalue weighted by molar-refractivity contribution is 0.354. The zero-order valence-electron chi connectivity index (χ0n) is 15.6. The Bertz CT molecular complexity index is 1110. The first-order valence-electron chi connectivity index (χ1n) is 8.54. The molecule has 8 nitrogen and oxygen atoms in total. The molecule has 0 amide bonds. The number of H-pyrrole nitrogens is 1. The summed E-state index contributed by atoms with van der Waals surface area (Å²) < 4.78 is 37.5. The molecule has 0 saturated carbocycles. The predicted octanol–water partition coefficient (Wildman–Crippen LogP) is 2.02. The molecule has 0 atom stereocenters. The van der Waals surface area contributed by atoms with Crippen molar-refractivity contribution >= 4 is 26.9 Å². The second-order valence-corrected chi connectivity index (χ2v) is 7.68. The zero-order valence-corrected chi connectivity index (χ0v) is 16.4. The van der Waals surface area contributed by atoms with Gasteiger partial charge in [0.15, 0.2) is 11.5 Å². The molecule has 0 aliphatic heterocycles. The van der Waals surface area contributed by atoms with Gasteiger partial charge >= 0.3 is 0 Å². The van der Waals surface area contributed by atoms with E-state index in [1.165, 1.54) is 32.4 Å². The Balaban J connectivity index is 1.68. The number of para-hydroxylation sites is 1. The van der Waals surface area contributed by atoms with E-state index in [-0.39, 0.29) is 10.9 Å². The molecule has 0 spiro atoms. The van der Waals surface area contributed by atoms with Crippen LogP contribution in [0, 0.1) is 0 Å². The van der Waals surface area contributed by atoms with Gasteiger partial charge < -0.3 is 20.2 Å². The quantitative estimate of drug-likeness (QED) is 0.413. The van der Waals surface area contributed by atoms with Gasteiger partial charge in [-0.15, -0.1) is 0 Å². The van der Waals surface area contributed by atoms with E-state index < -0.39 is 10.0 Å². The Morgan fingerprint density at radius 2 is 1.89 bits per heavy atom. The van der Waals surface area contributed by atoms with E-state index in [1.807, 2.05) is 30.5 Å². The third-order valence-corrected chi connectivity index (χ3v) is 5.59. The van der Waals surface area contributed by atoms with Crippen LogP contribution < -0.4 is 19.9 Å². The minimum absolute atomic E-state index is 0.0000661. The molecule has 3 aromatic rings. The number of benzene rings is 2. The van der Waals surface area contributed by atoms with E-state index >= 15 is 0 Å². The number of methoxy groups -OCH3 is 2. The van der Waals surface area contributed by atoms with Crippen molar-refractivity contribution in [3.05, 3.63) is 54.2 Å². The molecule has 148 valence electrons. The van der Waals surface area contributed by atoms with E-state index in [9.17, 15) is 8.42 Å². The molecule has 0 radical (unpaired) electrons. The second kappa shape index (κ2) is 8.22. The molecule has 9 heteroatoms. The minimum atomic E-state index is -3.88. The highest BCUT2D eigenvalue weighted by Crippen LogP contribution is 2.29. The summed E-state index contributed by atoms with van der Waals surface area (Å²) in [6.45, 7) is 0.349. The van der Waals surface area contributed by atoms with Crippen LogP contribution in [0.25, 0.3) is 10.9 Å². The first-order chi connectivity index (χ1) is 13.4. The fourth-order valence-electron chi connectivity index (χ4n) is 2.85. The molecule has 0 aliphatic carbocycles. The maximum atomic E-state index is 12.5. The molecule has 0 unspecified atom stereocenters. The second-order valence-electron chi connectivity index (χ2n) is 6.00. The molecule has 1 heterocycles. The van der Waals surface area contributed by atoms with Crippen molar-refractivity contribution in [1.29, 1.82) is 0 Å². The third kappa shape index (κ3) is 4.20. The minimum Gasteiger partial charge on any atom is -0.493 e. The summed E-state index contributed by atoms with van der Waals surface area (Å²) in [6.07, 6.45) is 2.55. The maximum absolute atomic E-state index is 12.5. The number of aliphatic imine (C=N–C) groups is 1. The SMILES string of the molecule is COc1ccc(S(=O)(=O)NC(N)=NCCc2c[nH]c3ccccc23)cc1OC. The number of nitrogens with zero attached hydrogens (tertiary/aromatic N) is 1. The third-order valence-electron chi connectivity index (χ3n) is 4.24. The van der Waals surface area contributed by atoms with Gasteiger partial charge in [-0.25, -0.2) is 13.1 Å². The Morgan fingerprint density at radius 3 is 2.64 bits per heavy atom. The van der Waals surface area contributed by atoms with Crippen LogP contribution >= 0.6 is 0 Å². The summed E-state index contributed by atoms with van der Waals surface area (Å²) in [6, 6.07) is 12.2. The first kappa shape index (κ1) is 19.6. The number of fused-ring (bicyclic) bond motifs is 1. The Labute approximate surface area is 163 Å². The molecule has 0 saturated heterocycles. The lowest BCUT2D eigenvalue weighted by atomic mass is 10.1. The van der Waals surface area contributed by atoms with Gasteiger partial charge in [0.25, 0.3) is 10.0 Å². The number of guanidine groups is 1. The molecule has 4 N–H and O–H groups in total. The predicted molar refractivity (Wildman–Crippen MR) is 108 cm³/mol. The molecular weight excluding hydrogens is 380 g/mol. The summed E-state index contributed by atoms with van der Waals surface area (Å²) in [5.74, 6) is 0.566. The van der Waals surface area contributed by atoms with Gasteiger partial charge in [-0.2, -0.15) is 0 Å². The van der Waals surface area contributed by atoms with Crippen molar-refractivity contribution in [3.63, 3.8) is 0 Å². The summed E-state index contributed by atoms with van der Waals surface area (Å²) in [5.41, 5.74) is 7.91. The fourth-order valence-corrected chi connectivity index (χ4v) is 3.81. The van der Waals surface area contributed by atoms with E-state index in [2.05, 4.69) is 14.7 Å². The Kier molecular flexibility index (Phi) is 5.74. The monoisotopic (exact) mass is 402 g/mol. The van der Waals surface area contributed by atoms with Crippen LogP contribution in [0.2, 0.25) is 0 Å². The highest BCUT2D eigenvalue weighted by Gasteiger charge is 2.18. The largest absolute Gasteiger partial charge is 0.493 e. The van der Waals surface area contributed by atoms with E-state index in [0.29, 0.717) is 24.5 Å². The number of hydrogen-bond acceptors (Lipinski definition) is 5. The average molecular weight is 402 g/mol. The van der Waals surface area contributed by atoms with E-state index in [4.69, 9.17) is 15.2 Å². The molecule has 0 aliphatic rings. The number of aromatic nitrogens is 1. The molecule has 2 aromatic carbocycles. The van der Waals surface area contributed by atoms with Crippen molar-refractivity contribution < 1.29 is 17.9 Å². The van der Waals surface area contributed by atoms with Crippen LogP contribution in [0.5, 0.6) is 11.5 Å². The van der Waals surface area contributed by atoms with Crippen molar-refractivity contribution in [2.45, 2.75) is 11.3 Å². The van der Waals surface area contributed by atoms with Crippen molar-refractivity contribution in [2.75, 3.05) is 20.8 Å². The first-order valence-corrected chi connectivity index (χ1v) is 10.0. The van der Waals surface area contributed by atoms with Gasteiger partial charge in [0, 0.05) is 29.7 Å². The lowest BCUT2D eigenvalue weighted by Gasteiger charge is -2.11. The van der Waals surface area contributed by atoms with Gasteiger partial charge in [0.2, 0.25) is 5.96 Å². The van der Waals surface area contributed by atoms with Gasteiger partial charge in [-0.3, -0.25) is 4.99 Å². The molecule has 0 fully saturated rings. The Morgan fingerprint density at radius 1 is 1.14 bits per heavy atom. The number of aromatic amines is 1. The van der Waals surface area contributed by atoms with Crippen molar-refractivity contribution in [1.82, 2.24) is 9.71 Å². The normalized spacial score (nSPS) is 12.1. The molecule has 0 bridgehead atoms. The van der Waals surface area contributed by atoms with Crippen LogP contribution in [0.4, 0.5) is 0 Å². The van der Waals surface area contributed by atoms with Crippen LogP contribution in [0.3, 0.4) is 0 Å². The molecule has 28 heavy (non-hydrogen) atoms. The van der Waals surface area contributed by atoms with Gasteiger partial charge in [0.1, 0.15) is 0 Å². The zero-order chi connectivity index (χ0) is 20.1. The molecule has 1 aromatic heterocycles. The maximum Gasteiger partial charge on any atom is 0.264 e. The number of rotatable bonds is 7. The fraction of sp³-hybridized carbons (Fsp3) is 0.211. The van der Waals surface area contributed by atoms with Crippen LogP contribution in [-0.2, 0) is 16.4 Å². The number of ether oxygens (including phenoxy) is 2. The number of nitrogens with one attached hydrogen (secondary N) is 2. The number of nitrogens with two attached hydrogens (primary N) is 1. The van der Waals surface area contributed by atoms with E-state index in [1.54, 1.807) is 0 Å². The van der Waals surface area contributed by atoms with Crippen molar-refractivity contribution in [3.8, 4) is 11.5 Å².